The van der Waals surface area contributed by atoms with E-state index in [1.807, 2.05) is 32.0 Å². The predicted octanol–water partition coefficient (Wildman–Crippen LogP) is 3.46. The molecule has 2 aromatic carbocycles. The van der Waals surface area contributed by atoms with Gasteiger partial charge in [-0.2, -0.15) is 0 Å². The van der Waals surface area contributed by atoms with E-state index >= 15 is 0 Å². The van der Waals surface area contributed by atoms with Gasteiger partial charge in [0, 0.05) is 5.41 Å². The van der Waals surface area contributed by atoms with Crippen molar-refractivity contribution >= 4 is 17.1 Å². The predicted molar refractivity (Wildman–Crippen MR) is 63.0 cm³/mol. The number of hydrogen-bond donors (Lipinski definition) is 0. The van der Waals surface area contributed by atoms with Crippen molar-refractivity contribution < 1.29 is 9.18 Å². The number of benzene rings is 2. The molecule has 1 nitrogen and oxygen atoms in total. The van der Waals surface area contributed by atoms with Crippen molar-refractivity contribution in [3.05, 3.63) is 47.8 Å². The zero-order valence-electron chi connectivity index (χ0n) is 9.33. The van der Waals surface area contributed by atoms with Crippen LogP contribution >= 0.6 is 0 Å². The van der Waals surface area contributed by atoms with Gasteiger partial charge >= 0.3 is 0 Å². The van der Waals surface area contributed by atoms with E-state index in [9.17, 15) is 9.18 Å². The van der Waals surface area contributed by atoms with Gasteiger partial charge in [0.2, 0.25) is 0 Å². The monoisotopic (exact) mass is 216 g/mol. The molecule has 0 unspecified atom stereocenters. The molecule has 0 saturated heterocycles. The van der Waals surface area contributed by atoms with Crippen LogP contribution in [0.3, 0.4) is 0 Å². The number of carbonyl (C=O) groups is 1. The molecular formula is C14H13FO. The topological polar surface area (TPSA) is 17.1 Å². The fourth-order valence-electron chi connectivity index (χ4n) is 1.69. The number of carbonyl (C=O) groups excluding carboxylic acids is 1. The van der Waals surface area contributed by atoms with Crippen molar-refractivity contribution in [1.82, 2.24) is 0 Å². The number of fused-ring (bicyclic) bond motifs is 1. The van der Waals surface area contributed by atoms with Crippen molar-refractivity contribution in [3.63, 3.8) is 0 Å². The average molecular weight is 216 g/mol. The van der Waals surface area contributed by atoms with Crippen molar-refractivity contribution in [2.24, 2.45) is 0 Å². The highest BCUT2D eigenvalue weighted by atomic mass is 19.1. The van der Waals surface area contributed by atoms with Gasteiger partial charge in [0.1, 0.15) is 12.1 Å². The fourth-order valence-corrected chi connectivity index (χ4v) is 1.69. The van der Waals surface area contributed by atoms with Gasteiger partial charge in [0.15, 0.2) is 0 Å². The van der Waals surface area contributed by atoms with Crippen molar-refractivity contribution in [1.29, 1.82) is 0 Å². The number of aldehydes is 1. The summed E-state index contributed by atoms with van der Waals surface area (Å²) in [4.78, 5) is 11.0. The van der Waals surface area contributed by atoms with Gasteiger partial charge in [-0.15, -0.1) is 0 Å². The van der Waals surface area contributed by atoms with Crippen LogP contribution in [0.25, 0.3) is 10.8 Å². The van der Waals surface area contributed by atoms with E-state index in [0.717, 1.165) is 22.6 Å². The summed E-state index contributed by atoms with van der Waals surface area (Å²) in [5, 5.41) is 1.80. The Morgan fingerprint density at radius 3 is 2.38 bits per heavy atom. The standard InChI is InChI=1S/C14H13FO/c1-14(2,9-16)12-5-3-11-8-13(15)6-4-10(11)7-12/h3-9H,1-2H3. The first-order valence-corrected chi connectivity index (χ1v) is 5.19. The van der Waals surface area contributed by atoms with Crippen LogP contribution in [-0.2, 0) is 10.2 Å². The van der Waals surface area contributed by atoms with E-state index in [-0.39, 0.29) is 5.82 Å². The smallest absolute Gasteiger partial charge is 0.129 e. The van der Waals surface area contributed by atoms with Gasteiger partial charge < -0.3 is 4.79 Å². The number of hydrogen-bond acceptors (Lipinski definition) is 1. The van der Waals surface area contributed by atoms with Gasteiger partial charge in [-0.25, -0.2) is 4.39 Å². The second-order valence-electron chi connectivity index (χ2n) is 4.55. The van der Waals surface area contributed by atoms with Crippen LogP contribution in [0.15, 0.2) is 36.4 Å². The molecule has 82 valence electrons. The minimum atomic E-state index is -0.497. The molecule has 0 aromatic heterocycles. The molecule has 0 atom stereocenters. The number of halogens is 1. The first kappa shape index (κ1) is 10.8. The van der Waals surface area contributed by atoms with Crippen molar-refractivity contribution in [3.8, 4) is 0 Å². The molecule has 16 heavy (non-hydrogen) atoms. The minimum absolute atomic E-state index is 0.241. The maximum absolute atomic E-state index is 13.0. The molecule has 0 aliphatic rings. The normalized spacial score (nSPS) is 11.7. The molecule has 0 N–H and O–H groups in total. The highest BCUT2D eigenvalue weighted by molar-refractivity contribution is 5.84. The number of rotatable bonds is 2. The van der Waals surface area contributed by atoms with Crippen LogP contribution in [0.4, 0.5) is 4.39 Å². The van der Waals surface area contributed by atoms with E-state index in [0.29, 0.717) is 0 Å². The quantitative estimate of drug-likeness (QED) is 0.702. The molecule has 0 spiro atoms. The Hall–Kier alpha value is -1.70. The molecule has 0 aliphatic heterocycles. The first-order valence-electron chi connectivity index (χ1n) is 5.19. The molecule has 0 amide bonds. The lowest BCUT2D eigenvalue weighted by atomic mass is 9.85. The molecule has 0 radical (unpaired) electrons. The maximum Gasteiger partial charge on any atom is 0.129 e. The third-order valence-electron chi connectivity index (χ3n) is 2.84. The second kappa shape index (κ2) is 3.71. The van der Waals surface area contributed by atoms with E-state index in [1.165, 1.54) is 12.1 Å². The fraction of sp³-hybridized carbons (Fsp3) is 0.214. The summed E-state index contributed by atoms with van der Waals surface area (Å²) in [6.07, 6.45) is 0.928. The van der Waals surface area contributed by atoms with Crippen LogP contribution in [0, 0.1) is 5.82 Å². The summed E-state index contributed by atoms with van der Waals surface area (Å²) in [5.41, 5.74) is 0.448. The van der Waals surface area contributed by atoms with Crippen LogP contribution in [0.5, 0.6) is 0 Å². The molecule has 0 aliphatic carbocycles. The zero-order valence-corrected chi connectivity index (χ0v) is 9.33. The van der Waals surface area contributed by atoms with Crippen LogP contribution in [0.2, 0.25) is 0 Å². The Morgan fingerprint density at radius 2 is 1.69 bits per heavy atom. The zero-order chi connectivity index (χ0) is 11.8. The van der Waals surface area contributed by atoms with Crippen LogP contribution < -0.4 is 0 Å². The SMILES string of the molecule is CC(C)(C=O)c1ccc2cc(F)ccc2c1. The Morgan fingerprint density at radius 1 is 1.06 bits per heavy atom. The van der Waals surface area contributed by atoms with E-state index < -0.39 is 5.41 Å². The van der Waals surface area contributed by atoms with E-state index in [2.05, 4.69) is 0 Å². The molecule has 0 bridgehead atoms. The van der Waals surface area contributed by atoms with E-state index in [4.69, 9.17) is 0 Å². The summed E-state index contributed by atoms with van der Waals surface area (Å²) < 4.78 is 13.0. The summed E-state index contributed by atoms with van der Waals surface area (Å²) >= 11 is 0. The van der Waals surface area contributed by atoms with Gasteiger partial charge in [-0.3, -0.25) is 0 Å². The molecule has 0 saturated carbocycles. The Kier molecular flexibility index (Phi) is 2.50. The van der Waals surface area contributed by atoms with Gasteiger partial charge in [-0.1, -0.05) is 24.3 Å². The van der Waals surface area contributed by atoms with Crippen molar-refractivity contribution in [2.45, 2.75) is 19.3 Å². The lowest BCUT2D eigenvalue weighted by Gasteiger charge is -2.17. The summed E-state index contributed by atoms with van der Waals surface area (Å²) in [6, 6.07) is 10.3. The average Bonchev–Trinajstić information content (AvgIpc) is 2.28. The van der Waals surface area contributed by atoms with E-state index in [1.54, 1.807) is 6.07 Å². The van der Waals surface area contributed by atoms with Crippen LogP contribution in [-0.4, -0.2) is 6.29 Å². The lowest BCUT2D eigenvalue weighted by molar-refractivity contribution is -0.111. The highest BCUT2D eigenvalue weighted by Crippen LogP contribution is 2.25. The summed E-state index contributed by atoms with van der Waals surface area (Å²) in [5.74, 6) is -0.241. The maximum atomic E-state index is 13.0. The van der Waals surface area contributed by atoms with Gasteiger partial charge in [0.25, 0.3) is 0 Å². The third kappa shape index (κ3) is 1.83. The Balaban J connectivity index is 2.61. The largest absolute Gasteiger partial charge is 0.302 e. The second-order valence-corrected chi connectivity index (χ2v) is 4.55. The van der Waals surface area contributed by atoms with Crippen molar-refractivity contribution in [2.75, 3.05) is 0 Å². The van der Waals surface area contributed by atoms with Gasteiger partial charge in [0.05, 0.1) is 0 Å². The Labute approximate surface area is 93.9 Å². The Bertz CT molecular complexity index is 543. The highest BCUT2D eigenvalue weighted by Gasteiger charge is 2.19. The minimum Gasteiger partial charge on any atom is -0.302 e. The summed E-state index contributed by atoms with van der Waals surface area (Å²) in [7, 11) is 0. The summed E-state index contributed by atoms with van der Waals surface area (Å²) in [6.45, 7) is 3.73. The first-order chi connectivity index (χ1) is 7.53. The third-order valence-corrected chi connectivity index (χ3v) is 2.84. The molecule has 2 heteroatoms. The molecular weight excluding hydrogens is 203 g/mol. The van der Waals surface area contributed by atoms with Crippen LogP contribution in [0.1, 0.15) is 19.4 Å². The molecule has 0 heterocycles. The molecule has 0 fully saturated rings. The molecule has 2 aromatic rings. The lowest BCUT2D eigenvalue weighted by Crippen LogP contribution is -2.18. The van der Waals surface area contributed by atoms with Gasteiger partial charge in [-0.05, 0) is 42.3 Å². The molecule has 2 rings (SSSR count).